The third-order valence-corrected chi connectivity index (χ3v) is 1.92. The highest BCUT2D eigenvalue weighted by Crippen LogP contribution is 2.18. The summed E-state index contributed by atoms with van der Waals surface area (Å²) in [6.45, 7) is 0.789. The van der Waals surface area contributed by atoms with Crippen molar-refractivity contribution in [2.45, 2.75) is 6.42 Å². The van der Waals surface area contributed by atoms with Gasteiger partial charge in [-0.25, -0.2) is 0 Å². The molecule has 1 aromatic rings. The van der Waals surface area contributed by atoms with Crippen molar-refractivity contribution in [3.05, 3.63) is 29.3 Å². The van der Waals surface area contributed by atoms with E-state index in [4.69, 9.17) is 0 Å². The fourth-order valence-corrected chi connectivity index (χ4v) is 1.13. The van der Waals surface area contributed by atoms with Crippen molar-refractivity contribution < 1.29 is 9.90 Å². The Balaban J connectivity index is 2.90. The quantitative estimate of drug-likeness (QED) is 0.440. The van der Waals surface area contributed by atoms with E-state index in [0.717, 1.165) is 6.54 Å². The van der Waals surface area contributed by atoms with Gasteiger partial charge in [0, 0.05) is 18.5 Å². The van der Waals surface area contributed by atoms with Crippen LogP contribution in [-0.2, 0) is 0 Å². The average molecular weight is 203 g/mol. The molecule has 0 saturated heterocycles. The molecule has 0 fully saturated rings. The van der Waals surface area contributed by atoms with Crippen molar-refractivity contribution in [1.82, 2.24) is 5.32 Å². The molecule has 0 aromatic heterocycles. The minimum Gasteiger partial charge on any atom is -0.507 e. The normalized spacial score (nSPS) is 9.13. The zero-order valence-electron chi connectivity index (χ0n) is 8.58. The van der Waals surface area contributed by atoms with Crippen molar-refractivity contribution >= 4 is 6.29 Å². The molecule has 0 amide bonds. The van der Waals surface area contributed by atoms with Crippen molar-refractivity contribution in [3.63, 3.8) is 0 Å². The maximum Gasteiger partial charge on any atom is 0.151 e. The van der Waals surface area contributed by atoms with Crippen LogP contribution in [0.2, 0.25) is 0 Å². The Morgan fingerprint density at radius 1 is 1.53 bits per heavy atom. The van der Waals surface area contributed by atoms with Gasteiger partial charge in [-0.05, 0) is 13.1 Å². The first-order valence-electron chi connectivity index (χ1n) is 4.70. The Hall–Kier alpha value is -1.79. The first-order valence-corrected chi connectivity index (χ1v) is 4.70. The minimum atomic E-state index is 0.0524. The zero-order valence-corrected chi connectivity index (χ0v) is 8.58. The highest BCUT2D eigenvalue weighted by Gasteiger charge is 2.02. The van der Waals surface area contributed by atoms with Crippen LogP contribution in [0.25, 0.3) is 0 Å². The molecule has 0 aliphatic heterocycles. The van der Waals surface area contributed by atoms with Gasteiger partial charge in [-0.3, -0.25) is 4.79 Å². The van der Waals surface area contributed by atoms with E-state index in [0.29, 0.717) is 23.8 Å². The predicted molar refractivity (Wildman–Crippen MR) is 58.9 cm³/mol. The molecular weight excluding hydrogens is 190 g/mol. The molecule has 15 heavy (non-hydrogen) atoms. The molecule has 3 heteroatoms. The molecular formula is C12H13NO2. The minimum absolute atomic E-state index is 0.0524. The van der Waals surface area contributed by atoms with Crippen LogP contribution in [0.5, 0.6) is 5.75 Å². The van der Waals surface area contributed by atoms with Gasteiger partial charge in [0.2, 0.25) is 0 Å². The smallest absolute Gasteiger partial charge is 0.151 e. The number of aldehydes is 1. The Bertz CT molecular complexity index is 402. The number of nitrogens with one attached hydrogen (secondary N) is 1. The van der Waals surface area contributed by atoms with Crippen LogP contribution in [0.15, 0.2) is 18.2 Å². The van der Waals surface area contributed by atoms with Crippen LogP contribution in [0, 0.1) is 11.8 Å². The molecule has 0 spiro atoms. The van der Waals surface area contributed by atoms with E-state index in [-0.39, 0.29) is 5.75 Å². The summed E-state index contributed by atoms with van der Waals surface area (Å²) < 4.78 is 0. The van der Waals surface area contributed by atoms with Gasteiger partial charge in [0.1, 0.15) is 5.75 Å². The number of rotatable bonds is 3. The molecule has 0 bridgehead atoms. The maximum atomic E-state index is 10.7. The number of hydrogen-bond acceptors (Lipinski definition) is 3. The van der Waals surface area contributed by atoms with E-state index >= 15 is 0 Å². The van der Waals surface area contributed by atoms with Gasteiger partial charge in [0.25, 0.3) is 0 Å². The first kappa shape index (κ1) is 11.3. The van der Waals surface area contributed by atoms with Gasteiger partial charge < -0.3 is 10.4 Å². The number of hydrogen-bond donors (Lipinski definition) is 2. The van der Waals surface area contributed by atoms with Crippen molar-refractivity contribution in [1.29, 1.82) is 0 Å². The van der Waals surface area contributed by atoms with Crippen molar-refractivity contribution in [2.24, 2.45) is 0 Å². The Morgan fingerprint density at radius 3 is 3.00 bits per heavy atom. The summed E-state index contributed by atoms with van der Waals surface area (Å²) in [5, 5.41) is 12.5. The molecule has 0 aliphatic carbocycles. The highest BCUT2D eigenvalue weighted by atomic mass is 16.3. The third kappa shape index (κ3) is 3.12. The van der Waals surface area contributed by atoms with Crippen molar-refractivity contribution in [3.8, 4) is 17.6 Å². The number of aromatic hydroxyl groups is 1. The zero-order chi connectivity index (χ0) is 11.1. The summed E-state index contributed by atoms with van der Waals surface area (Å²) in [7, 11) is 1.85. The second-order valence-electron chi connectivity index (χ2n) is 3.01. The second kappa shape index (κ2) is 5.84. The van der Waals surface area contributed by atoms with E-state index < -0.39 is 0 Å². The van der Waals surface area contributed by atoms with Gasteiger partial charge in [-0.1, -0.05) is 24.0 Å². The lowest BCUT2D eigenvalue weighted by atomic mass is 10.1. The van der Waals surface area contributed by atoms with Gasteiger partial charge in [0.05, 0.1) is 5.56 Å². The third-order valence-electron chi connectivity index (χ3n) is 1.92. The number of phenols is 1. The first-order chi connectivity index (χ1) is 7.29. The standard InChI is InChI=1S/C12H13NO2/c1-13-8-3-2-6-11-10(9-14)5-4-7-12(11)15/h4-5,7,9,13,15H,3,8H2,1H3. The lowest BCUT2D eigenvalue weighted by molar-refractivity contribution is 0.112. The van der Waals surface area contributed by atoms with E-state index in [1.807, 2.05) is 7.05 Å². The van der Waals surface area contributed by atoms with E-state index in [9.17, 15) is 9.90 Å². The molecule has 2 N–H and O–H groups in total. The van der Waals surface area contributed by atoms with Crippen LogP contribution in [0.3, 0.4) is 0 Å². The molecule has 0 atom stereocenters. The lowest BCUT2D eigenvalue weighted by Crippen LogP contribution is -2.05. The summed E-state index contributed by atoms with van der Waals surface area (Å²) in [4.78, 5) is 10.7. The van der Waals surface area contributed by atoms with Crippen LogP contribution in [-0.4, -0.2) is 25.0 Å². The predicted octanol–water partition coefficient (Wildman–Crippen LogP) is 1.17. The molecule has 0 radical (unpaired) electrons. The molecule has 0 aliphatic rings. The number of benzene rings is 1. The van der Waals surface area contributed by atoms with E-state index in [1.54, 1.807) is 12.1 Å². The van der Waals surface area contributed by atoms with Crippen LogP contribution in [0.1, 0.15) is 22.3 Å². The lowest BCUT2D eigenvalue weighted by Gasteiger charge is -1.98. The highest BCUT2D eigenvalue weighted by molar-refractivity contribution is 5.81. The van der Waals surface area contributed by atoms with E-state index in [2.05, 4.69) is 17.2 Å². The van der Waals surface area contributed by atoms with Crippen molar-refractivity contribution in [2.75, 3.05) is 13.6 Å². The molecule has 78 valence electrons. The molecule has 1 aromatic carbocycles. The molecule has 3 nitrogen and oxygen atoms in total. The topological polar surface area (TPSA) is 49.3 Å². The summed E-state index contributed by atoms with van der Waals surface area (Å²) >= 11 is 0. The maximum absolute atomic E-state index is 10.7. The SMILES string of the molecule is CNCCC#Cc1c(O)cccc1C=O. The Labute approximate surface area is 89.1 Å². The molecule has 1 rings (SSSR count). The second-order valence-corrected chi connectivity index (χ2v) is 3.01. The van der Waals surface area contributed by atoms with Gasteiger partial charge >= 0.3 is 0 Å². The number of phenolic OH excluding ortho intramolecular Hbond substituents is 1. The van der Waals surface area contributed by atoms with Crippen LogP contribution < -0.4 is 5.32 Å². The number of carbonyl (C=O) groups excluding carboxylic acids is 1. The summed E-state index contributed by atoms with van der Waals surface area (Å²) in [6, 6.07) is 4.78. The monoisotopic (exact) mass is 203 g/mol. The Kier molecular flexibility index (Phi) is 4.39. The van der Waals surface area contributed by atoms with Gasteiger partial charge in [0.15, 0.2) is 6.29 Å². The average Bonchev–Trinajstić information content (AvgIpc) is 2.26. The van der Waals surface area contributed by atoms with Gasteiger partial charge in [-0.15, -0.1) is 0 Å². The summed E-state index contributed by atoms with van der Waals surface area (Å²) in [5.74, 6) is 5.74. The fraction of sp³-hybridized carbons (Fsp3) is 0.250. The molecule has 0 saturated carbocycles. The summed E-state index contributed by atoms with van der Waals surface area (Å²) in [5.41, 5.74) is 0.829. The Morgan fingerprint density at radius 2 is 2.33 bits per heavy atom. The fourth-order valence-electron chi connectivity index (χ4n) is 1.13. The summed E-state index contributed by atoms with van der Waals surface area (Å²) in [6.07, 6.45) is 1.38. The van der Waals surface area contributed by atoms with Crippen LogP contribution in [0.4, 0.5) is 0 Å². The molecule has 0 heterocycles. The van der Waals surface area contributed by atoms with E-state index in [1.165, 1.54) is 6.07 Å². The largest absolute Gasteiger partial charge is 0.507 e. The molecule has 0 unspecified atom stereocenters. The van der Waals surface area contributed by atoms with Crippen LogP contribution >= 0.6 is 0 Å². The number of carbonyl (C=O) groups is 1. The van der Waals surface area contributed by atoms with Gasteiger partial charge in [-0.2, -0.15) is 0 Å².